The second-order valence-electron chi connectivity index (χ2n) is 7.03. The van der Waals surface area contributed by atoms with Crippen LogP contribution in [-0.4, -0.2) is 62.7 Å². The van der Waals surface area contributed by atoms with Gasteiger partial charge < -0.3 is 15.1 Å². The molecule has 0 radical (unpaired) electrons. The molecule has 0 aromatic heterocycles. The Hall–Kier alpha value is -0.120. The Labute approximate surface area is 112 Å². The van der Waals surface area contributed by atoms with Gasteiger partial charge in [-0.3, -0.25) is 0 Å². The summed E-state index contributed by atoms with van der Waals surface area (Å²) in [4.78, 5) is 5.16. The van der Waals surface area contributed by atoms with Crippen LogP contribution in [0.25, 0.3) is 0 Å². The number of rotatable bonds is 3. The van der Waals surface area contributed by atoms with Crippen molar-refractivity contribution in [3.63, 3.8) is 0 Å². The van der Waals surface area contributed by atoms with Gasteiger partial charge in [0, 0.05) is 19.1 Å². The standard InChI is InChI=1S/C15H29N3/c1-17(2)14-4-3-9-18(12-14)11-13-10-15(13)5-7-16-8-6-15/h13-14,16H,3-12H2,1-2H3. The van der Waals surface area contributed by atoms with Gasteiger partial charge in [-0.2, -0.15) is 0 Å². The minimum atomic E-state index is 0.760. The Morgan fingerprint density at radius 1 is 1.28 bits per heavy atom. The average molecular weight is 251 g/mol. The predicted octanol–water partition coefficient (Wildman–Crippen LogP) is 1.40. The third-order valence-corrected chi connectivity index (χ3v) is 5.65. The molecule has 3 heteroatoms. The summed E-state index contributed by atoms with van der Waals surface area (Å²) in [7, 11) is 4.47. The first kappa shape index (κ1) is 12.9. The fourth-order valence-corrected chi connectivity index (χ4v) is 4.16. The van der Waals surface area contributed by atoms with Crippen LogP contribution in [0, 0.1) is 11.3 Å². The fraction of sp³-hybridized carbons (Fsp3) is 1.00. The lowest BCUT2D eigenvalue weighted by Crippen LogP contribution is -2.46. The number of likely N-dealkylation sites (tertiary alicyclic amines) is 1. The molecule has 104 valence electrons. The van der Waals surface area contributed by atoms with Gasteiger partial charge in [0.15, 0.2) is 0 Å². The van der Waals surface area contributed by atoms with Gasteiger partial charge in [-0.25, -0.2) is 0 Å². The molecule has 2 unspecified atom stereocenters. The molecule has 0 bridgehead atoms. The molecule has 0 aromatic rings. The van der Waals surface area contributed by atoms with E-state index in [1.165, 1.54) is 64.8 Å². The van der Waals surface area contributed by atoms with Crippen LogP contribution in [0.5, 0.6) is 0 Å². The first-order valence-electron chi connectivity index (χ1n) is 7.79. The minimum absolute atomic E-state index is 0.760. The first-order chi connectivity index (χ1) is 8.70. The number of hydrogen-bond donors (Lipinski definition) is 1. The highest BCUT2D eigenvalue weighted by Crippen LogP contribution is 2.58. The maximum absolute atomic E-state index is 3.51. The van der Waals surface area contributed by atoms with Gasteiger partial charge in [-0.15, -0.1) is 0 Å². The highest BCUT2D eigenvalue weighted by molar-refractivity contribution is 5.05. The zero-order valence-corrected chi connectivity index (χ0v) is 12.1. The van der Waals surface area contributed by atoms with E-state index in [0.717, 1.165) is 17.4 Å². The van der Waals surface area contributed by atoms with Crippen molar-refractivity contribution in [2.24, 2.45) is 11.3 Å². The summed E-state index contributed by atoms with van der Waals surface area (Å²) in [5, 5.41) is 3.51. The molecule has 2 saturated heterocycles. The Morgan fingerprint density at radius 2 is 2.06 bits per heavy atom. The number of piperidine rings is 2. The highest BCUT2D eigenvalue weighted by Gasteiger charge is 2.53. The molecule has 3 fully saturated rings. The minimum Gasteiger partial charge on any atom is -0.317 e. The molecule has 2 atom stereocenters. The van der Waals surface area contributed by atoms with Crippen LogP contribution in [0.1, 0.15) is 32.1 Å². The number of hydrogen-bond acceptors (Lipinski definition) is 3. The predicted molar refractivity (Wildman–Crippen MR) is 75.8 cm³/mol. The lowest BCUT2D eigenvalue weighted by Gasteiger charge is -2.37. The van der Waals surface area contributed by atoms with Gasteiger partial charge in [-0.1, -0.05) is 0 Å². The molecular weight excluding hydrogens is 222 g/mol. The molecule has 18 heavy (non-hydrogen) atoms. The van der Waals surface area contributed by atoms with Crippen molar-refractivity contribution in [1.29, 1.82) is 0 Å². The molecule has 3 rings (SSSR count). The van der Waals surface area contributed by atoms with Crippen LogP contribution in [0.4, 0.5) is 0 Å². The van der Waals surface area contributed by atoms with Crippen LogP contribution in [0.15, 0.2) is 0 Å². The molecule has 0 aromatic carbocycles. The van der Waals surface area contributed by atoms with E-state index >= 15 is 0 Å². The highest BCUT2D eigenvalue weighted by atomic mass is 15.2. The topological polar surface area (TPSA) is 18.5 Å². The van der Waals surface area contributed by atoms with Gasteiger partial charge >= 0.3 is 0 Å². The normalized spacial score (nSPS) is 36.2. The molecular formula is C15H29N3. The van der Waals surface area contributed by atoms with E-state index in [4.69, 9.17) is 0 Å². The van der Waals surface area contributed by atoms with Gasteiger partial charge in [0.1, 0.15) is 0 Å². The Balaban J connectivity index is 1.49. The summed E-state index contributed by atoms with van der Waals surface area (Å²) in [5.74, 6) is 1.01. The summed E-state index contributed by atoms with van der Waals surface area (Å²) in [6.45, 7) is 6.55. The van der Waals surface area contributed by atoms with E-state index in [2.05, 4.69) is 29.2 Å². The number of nitrogens with zero attached hydrogens (tertiary/aromatic N) is 2. The number of likely N-dealkylation sites (N-methyl/N-ethyl adjacent to an activating group) is 1. The van der Waals surface area contributed by atoms with Crippen LogP contribution in [0.2, 0.25) is 0 Å². The lowest BCUT2D eigenvalue weighted by atomic mass is 9.91. The van der Waals surface area contributed by atoms with Crippen LogP contribution in [0.3, 0.4) is 0 Å². The average Bonchev–Trinajstić information content (AvgIpc) is 3.02. The van der Waals surface area contributed by atoms with E-state index in [1.807, 2.05) is 0 Å². The van der Waals surface area contributed by atoms with E-state index in [1.54, 1.807) is 0 Å². The summed E-state index contributed by atoms with van der Waals surface area (Å²) in [6, 6.07) is 0.793. The fourth-order valence-electron chi connectivity index (χ4n) is 4.16. The van der Waals surface area contributed by atoms with Gasteiger partial charge in [0.05, 0.1) is 0 Å². The maximum atomic E-state index is 3.51. The third kappa shape index (κ3) is 2.59. The quantitative estimate of drug-likeness (QED) is 0.818. The molecule has 3 nitrogen and oxygen atoms in total. The smallest absolute Gasteiger partial charge is 0.0217 e. The summed E-state index contributed by atoms with van der Waals surface area (Å²) in [6.07, 6.45) is 7.16. The summed E-state index contributed by atoms with van der Waals surface area (Å²) < 4.78 is 0. The number of nitrogens with one attached hydrogen (secondary N) is 1. The second-order valence-corrected chi connectivity index (χ2v) is 7.03. The van der Waals surface area contributed by atoms with Crippen molar-refractivity contribution in [2.75, 3.05) is 46.8 Å². The SMILES string of the molecule is CN(C)C1CCCN(CC2CC23CCNCC3)C1. The first-order valence-corrected chi connectivity index (χ1v) is 7.79. The molecule has 2 aliphatic heterocycles. The van der Waals surface area contributed by atoms with Crippen molar-refractivity contribution in [2.45, 2.75) is 38.1 Å². The second kappa shape index (κ2) is 5.10. The molecule has 1 saturated carbocycles. The molecule has 2 heterocycles. The molecule has 0 amide bonds. The third-order valence-electron chi connectivity index (χ3n) is 5.65. The van der Waals surface area contributed by atoms with Crippen molar-refractivity contribution >= 4 is 0 Å². The van der Waals surface area contributed by atoms with Crippen molar-refractivity contribution in [3.8, 4) is 0 Å². The largest absolute Gasteiger partial charge is 0.317 e. The van der Waals surface area contributed by atoms with Crippen LogP contribution in [-0.2, 0) is 0 Å². The zero-order chi connectivity index (χ0) is 12.6. The van der Waals surface area contributed by atoms with Crippen LogP contribution < -0.4 is 5.32 Å². The lowest BCUT2D eigenvalue weighted by molar-refractivity contribution is 0.122. The molecule has 1 aliphatic carbocycles. The van der Waals surface area contributed by atoms with E-state index in [9.17, 15) is 0 Å². The van der Waals surface area contributed by atoms with E-state index in [-0.39, 0.29) is 0 Å². The van der Waals surface area contributed by atoms with Crippen molar-refractivity contribution in [3.05, 3.63) is 0 Å². The molecule has 1 spiro atoms. The van der Waals surface area contributed by atoms with E-state index < -0.39 is 0 Å². The van der Waals surface area contributed by atoms with Crippen molar-refractivity contribution in [1.82, 2.24) is 15.1 Å². The monoisotopic (exact) mass is 251 g/mol. The Bertz CT molecular complexity index is 283. The Kier molecular flexibility index (Phi) is 3.65. The molecule has 1 N–H and O–H groups in total. The summed E-state index contributed by atoms with van der Waals surface area (Å²) >= 11 is 0. The van der Waals surface area contributed by atoms with Gasteiger partial charge in [0.25, 0.3) is 0 Å². The summed E-state index contributed by atoms with van der Waals surface area (Å²) in [5.41, 5.74) is 0.760. The van der Waals surface area contributed by atoms with Gasteiger partial charge in [-0.05, 0) is 77.2 Å². The van der Waals surface area contributed by atoms with Crippen molar-refractivity contribution < 1.29 is 0 Å². The van der Waals surface area contributed by atoms with Crippen LogP contribution >= 0.6 is 0 Å². The Morgan fingerprint density at radius 3 is 2.78 bits per heavy atom. The zero-order valence-electron chi connectivity index (χ0n) is 12.1. The van der Waals surface area contributed by atoms with Gasteiger partial charge in [0.2, 0.25) is 0 Å². The molecule has 3 aliphatic rings. The maximum Gasteiger partial charge on any atom is 0.0217 e. The van der Waals surface area contributed by atoms with E-state index in [0.29, 0.717) is 0 Å².